The van der Waals surface area contributed by atoms with Gasteiger partial charge < -0.3 is 10.0 Å². The molecular formula is C12H12Br3N3OS2. The lowest BCUT2D eigenvalue weighted by molar-refractivity contribution is 0.0889. The highest BCUT2D eigenvalue weighted by molar-refractivity contribution is 9.12. The molecule has 0 saturated carbocycles. The SMILES string of the molecule is OC(c1nc(Br)sc1Br)C1CCN(c2ncc(Br)s2)CC1. The van der Waals surface area contributed by atoms with Crippen molar-refractivity contribution in [3.05, 3.63) is 23.4 Å². The summed E-state index contributed by atoms with van der Waals surface area (Å²) in [5.41, 5.74) is 0.752. The molecule has 1 saturated heterocycles. The molecule has 1 aliphatic rings. The van der Waals surface area contributed by atoms with Crippen LogP contribution in [0, 0.1) is 5.92 Å². The van der Waals surface area contributed by atoms with Crippen molar-refractivity contribution in [1.82, 2.24) is 9.97 Å². The number of rotatable bonds is 3. The first-order chi connectivity index (χ1) is 10.0. The Morgan fingerprint density at radius 3 is 2.48 bits per heavy atom. The number of nitrogens with zero attached hydrogens (tertiary/aromatic N) is 3. The number of aliphatic hydroxyl groups excluding tert-OH is 1. The van der Waals surface area contributed by atoms with Gasteiger partial charge in [-0.1, -0.05) is 22.7 Å². The highest BCUT2D eigenvalue weighted by Crippen LogP contribution is 2.39. The quantitative estimate of drug-likeness (QED) is 0.633. The third-order valence-corrected chi connectivity index (χ3v) is 7.33. The summed E-state index contributed by atoms with van der Waals surface area (Å²) >= 11 is 13.4. The summed E-state index contributed by atoms with van der Waals surface area (Å²) in [7, 11) is 0. The van der Waals surface area contributed by atoms with Crippen molar-refractivity contribution >= 4 is 75.6 Å². The van der Waals surface area contributed by atoms with E-state index in [4.69, 9.17) is 0 Å². The largest absolute Gasteiger partial charge is 0.386 e. The molecule has 3 rings (SSSR count). The van der Waals surface area contributed by atoms with E-state index in [0.717, 1.165) is 48.2 Å². The molecule has 9 heteroatoms. The number of piperidine rings is 1. The zero-order valence-corrected chi connectivity index (χ0v) is 17.2. The van der Waals surface area contributed by atoms with Crippen molar-refractivity contribution in [3.63, 3.8) is 0 Å². The van der Waals surface area contributed by atoms with E-state index in [1.54, 1.807) is 11.3 Å². The van der Waals surface area contributed by atoms with Crippen LogP contribution in [0.3, 0.4) is 0 Å². The normalized spacial score (nSPS) is 18.2. The number of hydrogen-bond acceptors (Lipinski definition) is 6. The van der Waals surface area contributed by atoms with Crippen LogP contribution in [-0.2, 0) is 0 Å². The van der Waals surface area contributed by atoms with E-state index in [2.05, 4.69) is 62.7 Å². The van der Waals surface area contributed by atoms with E-state index in [1.165, 1.54) is 11.3 Å². The smallest absolute Gasteiger partial charge is 0.186 e. The van der Waals surface area contributed by atoms with Gasteiger partial charge in [-0.25, -0.2) is 9.97 Å². The Hall–Kier alpha value is 0.460. The fraction of sp³-hybridized carbons (Fsp3) is 0.500. The minimum Gasteiger partial charge on any atom is -0.386 e. The van der Waals surface area contributed by atoms with Gasteiger partial charge in [0.1, 0.15) is 6.10 Å². The standard InChI is InChI=1S/C12H12Br3N3OS2/c13-7-5-16-12(20-7)18-3-1-6(2-4-18)9(19)8-10(14)21-11(15)17-8/h5-6,9,19H,1-4H2. The lowest BCUT2D eigenvalue weighted by Crippen LogP contribution is -2.35. The Bertz CT molecular complexity index is 625. The average molecular weight is 518 g/mol. The van der Waals surface area contributed by atoms with Gasteiger partial charge in [-0.3, -0.25) is 0 Å². The maximum absolute atomic E-state index is 10.6. The summed E-state index contributed by atoms with van der Waals surface area (Å²) in [6, 6.07) is 0. The van der Waals surface area contributed by atoms with Crippen molar-refractivity contribution in [2.45, 2.75) is 18.9 Å². The minimum absolute atomic E-state index is 0.245. The van der Waals surface area contributed by atoms with Gasteiger partial charge in [-0.15, -0.1) is 0 Å². The predicted molar refractivity (Wildman–Crippen MR) is 97.2 cm³/mol. The van der Waals surface area contributed by atoms with E-state index in [0.29, 0.717) is 0 Å². The fourth-order valence-corrected chi connectivity index (χ4v) is 6.40. The van der Waals surface area contributed by atoms with Gasteiger partial charge in [0.05, 0.1) is 19.5 Å². The van der Waals surface area contributed by atoms with Gasteiger partial charge in [-0.2, -0.15) is 0 Å². The highest BCUT2D eigenvalue weighted by atomic mass is 79.9. The first-order valence-electron chi connectivity index (χ1n) is 6.40. The first-order valence-corrected chi connectivity index (χ1v) is 10.4. The zero-order valence-electron chi connectivity index (χ0n) is 10.8. The molecule has 1 unspecified atom stereocenters. The fourth-order valence-electron chi connectivity index (χ4n) is 2.49. The van der Waals surface area contributed by atoms with Crippen LogP contribution in [0.4, 0.5) is 5.13 Å². The molecule has 2 aromatic heterocycles. The molecule has 0 amide bonds. The maximum Gasteiger partial charge on any atom is 0.186 e. The maximum atomic E-state index is 10.6. The van der Waals surface area contributed by atoms with Crippen LogP contribution in [0.15, 0.2) is 17.7 Å². The molecule has 4 nitrogen and oxygen atoms in total. The van der Waals surface area contributed by atoms with E-state index < -0.39 is 6.10 Å². The summed E-state index contributed by atoms with van der Waals surface area (Å²) in [4.78, 5) is 11.1. The lowest BCUT2D eigenvalue weighted by atomic mass is 9.90. The van der Waals surface area contributed by atoms with Crippen LogP contribution in [0.1, 0.15) is 24.6 Å². The molecule has 1 fully saturated rings. The van der Waals surface area contributed by atoms with Crippen molar-refractivity contribution in [2.75, 3.05) is 18.0 Å². The van der Waals surface area contributed by atoms with Crippen LogP contribution in [-0.4, -0.2) is 28.2 Å². The van der Waals surface area contributed by atoms with Gasteiger partial charge >= 0.3 is 0 Å². The molecular weight excluding hydrogens is 506 g/mol. The van der Waals surface area contributed by atoms with Gasteiger partial charge in [0.2, 0.25) is 0 Å². The first kappa shape index (κ1) is 16.3. The summed E-state index contributed by atoms with van der Waals surface area (Å²) in [5.74, 6) is 0.245. The monoisotopic (exact) mass is 515 g/mol. The third-order valence-electron chi connectivity index (χ3n) is 3.59. The molecule has 0 aliphatic carbocycles. The molecule has 0 spiro atoms. The molecule has 3 heterocycles. The van der Waals surface area contributed by atoms with Crippen LogP contribution in [0.25, 0.3) is 0 Å². The number of aromatic nitrogens is 2. The minimum atomic E-state index is -0.507. The Balaban J connectivity index is 1.64. The van der Waals surface area contributed by atoms with Crippen molar-refractivity contribution in [1.29, 1.82) is 0 Å². The van der Waals surface area contributed by atoms with Crippen LogP contribution >= 0.6 is 70.5 Å². The summed E-state index contributed by atoms with van der Waals surface area (Å²) in [6.07, 6.45) is 3.22. The number of anilines is 1. The second kappa shape index (κ2) is 6.92. The van der Waals surface area contributed by atoms with Crippen LogP contribution in [0.2, 0.25) is 0 Å². The average Bonchev–Trinajstić information content (AvgIpc) is 3.04. The van der Waals surface area contributed by atoms with E-state index in [-0.39, 0.29) is 5.92 Å². The van der Waals surface area contributed by atoms with Crippen LogP contribution < -0.4 is 4.90 Å². The molecule has 1 N–H and O–H groups in total. The Morgan fingerprint density at radius 2 is 1.95 bits per heavy atom. The summed E-state index contributed by atoms with van der Waals surface area (Å²) < 4.78 is 2.76. The van der Waals surface area contributed by atoms with Crippen LogP contribution in [0.5, 0.6) is 0 Å². The number of aliphatic hydroxyl groups is 1. The summed E-state index contributed by atoms with van der Waals surface area (Å²) in [6.45, 7) is 1.84. The number of hydrogen-bond donors (Lipinski definition) is 1. The molecule has 2 aromatic rings. The summed E-state index contributed by atoms with van der Waals surface area (Å²) in [5, 5.41) is 11.6. The van der Waals surface area contributed by atoms with E-state index in [9.17, 15) is 5.11 Å². The molecule has 0 bridgehead atoms. The Morgan fingerprint density at radius 1 is 1.24 bits per heavy atom. The van der Waals surface area contributed by atoms with E-state index in [1.807, 2.05) is 6.20 Å². The second-order valence-corrected chi connectivity index (χ2v) is 10.8. The van der Waals surface area contributed by atoms with Crippen molar-refractivity contribution in [2.24, 2.45) is 5.92 Å². The van der Waals surface area contributed by atoms with Gasteiger partial charge in [-0.05, 0) is 66.5 Å². The number of halogens is 3. The molecule has 21 heavy (non-hydrogen) atoms. The molecule has 1 aliphatic heterocycles. The molecule has 1 atom stereocenters. The van der Waals surface area contributed by atoms with Crippen molar-refractivity contribution < 1.29 is 5.11 Å². The van der Waals surface area contributed by atoms with Gasteiger partial charge in [0, 0.05) is 13.1 Å². The van der Waals surface area contributed by atoms with E-state index >= 15 is 0 Å². The molecule has 0 radical (unpaired) electrons. The van der Waals surface area contributed by atoms with Gasteiger partial charge in [0.15, 0.2) is 9.05 Å². The topological polar surface area (TPSA) is 49.3 Å². The van der Waals surface area contributed by atoms with Crippen molar-refractivity contribution in [3.8, 4) is 0 Å². The Labute approximate surface area is 156 Å². The van der Waals surface area contributed by atoms with Gasteiger partial charge in [0.25, 0.3) is 0 Å². The molecule has 114 valence electrons. The second-order valence-electron chi connectivity index (χ2n) is 4.84. The molecule has 0 aromatic carbocycles. The lowest BCUT2D eigenvalue weighted by Gasteiger charge is -2.33. The highest BCUT2D eigenvalue weighted by Gasteiger charge is 2.30. The zero-order chi connectivity index (χ0) is 15.0. The Kier molecular flexibility index (Phi) is 5.38. The third kappa shape index (κ3) is 3.69. The predicted octanol–water partition coefficient (Wildman–Crippen LogP) is 4.84. The number of thiazole rings is 2.